The molecule has 0 heterocycles. The summed E-state index contributed by atoms with van der Waals surface area (Å²) in [5.74, 6) is 1.52. The highest BCUT2D eigenvalue weighted by molar-refractivity contribution is 6.31. The summed E-state index contributed by atoms with van der Waals surface area (Å²) in [4.78, 5) is 0. The van der Waals surface area contributed by atoms with Crippen LogP contribution in [0.5, 0.6) is 11.5 Å². The number of hydrogen-bond acceptors (Lipinski definition) is 3. The van der Waals surface area contributed by atoms with Gasteiger partial charge in [-0.25, -0.2) is 0 Å². The summed E-state index contributed by atoms with van der Waals surface area (Å²) < 4.78 is 10.3. The van der Waals surface area contributed by atoms with Crippen LogP contribution < -0.4 is 15.2 Å². The van der Waals surface area contributed by atoms with Crippen LogP contribution in [-0.4, -0.2) is 20.8 Å². The summed E-state index contributed by atoms with van der Waals surface area (Å²) in [5, 5.41) is 0.658. The number of rotatable bonds is 4. The third-order valence-electron chi connectivity index (χ3n) is 2.39. The molecule has 0 radical (unpaired) electrons. The van der Waals surface area contributed by atoms with Gasteiger partial charge in [0.2, 0.25) is 0 Å². The first-order valence-corrected chi connectivity index (χ1v) is 5.13. The Morgan fingerprint density at radius 1 is 1.27 bits per heavy atom. The smallest absolute Gasteiger partial charge is 0.162 e. The van der Waals surface area contributed by atoms with E-state index < -0.39 is 0 Å². The first kappa shape index (κ1) is 12.1. The Labute approximate surface area is 95.1 Å². The maximum absolute atomic E-state index is 6.12. The van der Waals surface area contributed by atoms with Crippen molar-refractivity contribution in [3.8, 4) is 11.5 Å². The molecular weight excluding hydrogens is 214 g/mol. The molecule has 0 aliphatic carbocycles. The van der Waals surface area contributed by atoms with Crippen molar-refractivity contribution < 1.29 is 9.47 Å². The van der Waals surface area contributed by atoms with Crippen molar-refractivity contribution in [1.29, 1.82) is 0 Å². The lowest BCUT2D eigenvalue weighted by Gasteiger charge is -2.15. The molecule has 1 aromatic carbocycles. The fourth-order valence-electron chi connectivity index (χ4n) is 1.37. The Morgan fingerprint density at radius 3 is 2.27 bits per heavy atom. The summed E-state index contributed by atoms with van der Waals surface area (Å²) in [5.41, 5.74) is 6.59. The van der Waals surface area contributed by atoms with Crippen molar-refractivity contribution in [2.24, 2.45) is 5.73 Å². The maximum Gasteiger partial charge on any atom is 0.162 e. The van der Waals surface area contributed by atoms with Gasteiger partial charge in [0.15, 0.2) is 11.5 Å². The Kier molecular flexibility index (Phi) is 4.24. The molecular formula is C11H16ClNO2. The van der Waals surface area contributed by atoms with Crippen molar-refractivity contribution in [2.45, 2.75) is 12.8 Å². The molecule has 0 bridgehead atoms. The Morgan fingerprint density at radius 2 is 1.80 bits per heavy atom. The van der Waals surface area contributed by atoms with Crippen LogP contribution in [0.1, 0.15) is 18.4 Å². The van der Waals surface area contributed by atoms with Crippen LogP contribution in [0.4, 0.5) is 0 Å². The zero-order chi connectivity index (χ0) is 11.4. The molecule has 0 fully saturated rings. The SMILES string of the molecule is COc1cc(Cl)c(C(C)CN)cc1OC. The van der Waals surface area contributed by atoms with Gasteiger partial charge in [0.1, 0.15) is 0 Å². The predicted octanol–water partition coefficient (Wildman–Crippen LogP) is 2.42. The first-order valence-electron chi connectivity index (χ1n) is 4.75. The zero-order valence-electron chi connectivity index (χ0n) is 9.21. The number of hydrogen-bond donors (Lipinski definition) is 1. The standard InChI is InChI=1S/C11H16ClNO2/c1-7(6-13)8-4-10(14-2)11(15-3)5-9(8)12/h4-5,7H,6,13H2,1-3H3. The second-order valence-corrected chi connectivity index (χ2v) is 3.77. The van der Waals surface area contributed by atoms with Gasteiger partial charge >= 0.3 is 0 Å². The molecule has 0 amide bonds. The number of nitrogens with two attached hydrogens (primary N) is 1. The third-order valence-corrected chi connectivity index (χ3v) is 2.71. The fraction of sp³-hybridized carbons (Fsp3) is 0.455. The summed E-state index contributed by atoms with van der Waals surface area (Å²) in [6, 6.07) is 3.63. The lowest BCUT2D eigenvalue weighted by atomic mass is 10.0. The van der Waals surface area contributed by atoms with E-state index in [-0.39, 0.29) is 5.92 Å². The average Bonchev–Trinajstić information content (AvgIpc) is 2.27. The average molecular weight is 230 g/mol. The van der Waals surface area contributed by atoms with E-state index in [9.17, 15) is 0 Å². The van der Waals surface area contributed by atoms with Crippen molar-refractivity contribution in [3.63, 3.8) is 0 Å². The molecule has 0 spiro atoms. The molecule has 1 atom stereocenters. The minimum Gasteiger partial charge on any atom is -0.493 e. The van der Waals surface area contributed by atoms with Gasteiger partial charge in [0.25, 0.3) is 0 Å². The minimum absolute atomic E-state index is 0.206. The molecule has 0 saturated carbocycles. The van der Waals surface area contributed by atoms with Crippen LogP contribution in [0, 0.1) is 0 Å². The molecule has 2 N–H and O–H groups in total. The first-order chi connectivity index (χ1) is 7.13. The monoisotopic (exact) mass is 229 g/mol. The third kappa shape index (κ3) is 2.55. The lowest BCUT2D eigenvalue weighted by molar-refractivity contribution is 0.354. The summed E-state index contributed by atoms with van der Waals surface area (Å²) in [6.45, 7) is 2.57. The lowest BCUT2D eigenvalue weighted by Crippen LogP contribution is -2.09. The van der Waals surface area contributed by atoms with E-state index in [2.05, 4.69) is 0 Å². The number of benzene rings is 1. The Balaban J connectivity index is 3.19. The number of halogens is 1. The minimum atomic E-state index is 0.206. The van der Waals surface area contributed by atoms with Crippen molar-refractivity contribution in [3.05, 3.63) is 22.7 Å². The molecule has 3 nitrogen and oxygen atoms in total. The highest BCUT2D eigenvalue weighted by atomic mass is 35.5. The largest absolute Gasteiger partial charge is 0.493 e. The van der Waals surface area contributed by atoms with Crippen molar-refractivity contribution >= 4 is 11.6 Å². The molecule has 4 heteroatoms. The van der Waals surface area contributed by atoms with E-state index in [1.807, 2.05) is 13.0 Å². The van der Waals surface area contributed by atoms with E-state index in [0.29, 0.717) is 23.1 Å². The number of ether oxygens (including phenoxy) is 2. The normalized spacial score (nSPS) is 12.3. The van der Waals surface area contributed by atoms with E-state index >= 15 is 0 Å². The zero-order valence-corrected chi connectivity index (χ0v) is 9.97. The summed E-state index contributed by atoms with van der Waals surface area (Å²) in [6.07, 6.45) is 0. The van der Waals surface area contributed by atoms with Crippen LogP contribution >= 0.6 is 11.6 Å². The molecule has 0 aliphatic heterocycles. The predicted molar refractivity (Wildman–Crippen MR) is 62.0 cm³/mol. The maximum atomic E-state index is 6.12. The van der Waals surface area contributed by atoms with Crippen LogP contribution in [0.2, 0.25) is 5.02 Å². The van der Waals surface area contributed by atoms with Gasteiger partial charge < -0.3 is 15.2 Å². The second kappa shape index (κ2) is 5.24. The van der Waals surface area contributed by atoms with E-state index in [1.165, 1.54) is 0 Å². The highest BCUT2D eigenvalue weighted by Crippen LogP contribution is 2.35. The van der Waals surface area contributed by atoms with Crippen LogP contribution in [0.25, 0.3) is 0 Å². The van der Waals surface area contributed by atoms with Gasteiger partial charge in [-0.1, -0.05) is 18.5 Å². The second-order valence-electron chi connectivity index (χ2n) is 3.37. The van der Waals surface area contributed by atoms with Gasteiger partial charge in [0.05, 0.1) is 14.2 Å². The molecule has 15 heavy (non-hydrogen) atoms. The molecule has 1 unspecified atom stereocenters. The van der Waals surface area contributed by atoms with E-state index in [0.717, 1.165) is 5.56 Å². The van der Waals surface area contributed by atoms with E-state index in [1.54, 1.807) is 20.3 Å². The van der Waals surface area contributed by atoms with Crippen LogP contribution in [0.15, 0.2) is 12.1 Å². The topological polar surface area (TPSA) is 44.5 Å². The van der Waals surface area contributed by atoms with E-state index in [4.69, 9.17) is 26.8 Å². The summed E-state index contributed by atoms with van der Waals surface area (Å²) in [7, 11) is 3.18. The molecule has 1 rings (SSSR count). The van der Waals surface area contributed by atoms with Gasteiger partial charge in [-0.15, -0.1) is 0 Å². The molecule has 1 aromatic rings. The highest BCUT2D eigenvalue weighted by Gasteiger charge is 2.13. The Hall–Kier alpha value is -0.930. The van der Waals surface area contributed by atoms with Crippen LogP contribution in [0.3, 0.4) is 0 Å². The molecule has 84 valence electrons. The Bertz CT molecular complexity index is 342. The van der Waals surface area contributed by atoms with Gasteiger partial charge in [-0.05, 0) is 24.1 Å². The van der Waals surface area contributed by atoms with Gasteiger partial charge in [-0.2, -0.15) is 0 Å². The summed E-state index contributed by atoms with van der Waals surface area (Å²) >= 11 is 6.12. The van der Waals surface area contributed by atoms with Gasteiger partial charge in [-0.3, -0.25) is 0 Å². The fourth-order valence-corrected chi connectivity index (χ4v) is 1.71. The molecule has 0 saturated heterocycles. The van der Waals surface area contributed by atoms with Gasteiger partial charge in [0, 0.05) is 11.1 Å². The molecule has 0 aromatic heterocycles. The number of methoxy groups -OCH3 is 2. The quantitative estimate of drug-likeness (QED) is 0.863. The van der Waals surface area contributed by atoms with Crippen LogP contribution in [-0.2, 0) is 0 Å². The van der Waals surface area contributed by atoms with Crippen molar-refractivity contribution in [2.75, 3.05) is 20.8 Å². The van der Waals surface area contributed by atoms with Crippen molar-refractivity contribution in [1.82, 2.24) is 0 Å². The molecule has 0 aliphatic rings.